The highest BCUT2D eigenvalue weighted by Crippen LogP contribution is 2.21. The van der Waals surface area contributed by atoms with Crippen molar-refractivity contribution in [1.29, 1.82) is 0 Å². The van der Waals surface area contributed by atoms with Crippen molar-refractivity contribution in [2.45, 2.75) is 13.8 Å². The number of thiocarbonyl (C=S) groups is 1. The van der Waals surface area contributed by atoms with E-state index >= 15 is 0 Å². The van der Waals surface area contributed by atoms with Crippen LogP contribution in [0.15, 0.2) is 53.0 Å². The highest BCUT2D eigenvalue weighted by atomic mass is 79.9. The Labute approximate surface area is 155 Å². The molecule has 0 saturated carbocycles. The molecule has 2 N–H and O–H groups in total. The Bertz CT molecular complexity index is 734. The third kappa shape index (κ3) is 5.32. The molecule has 2 aromatic carbocycles. The molecule has 0 aliphatic carbocycles. The number of carbonyl (C=O) groups excluding carboxylic acids is 1. The second kappa shape index (κ2) is 8.80. The summed E-state index contributed by atoms with van der Waals surface area (Å²) in [5, 5.41) is 5.90. The van der Waals surface area contributed by atoms with Gasteiger partial charge in [-0.2, -0.15) is 0 Å². The number of nitrogens with one attached hydrogen (secondary N) is 2. The van der Waals surface area contributed by atoms with E-state index in [0.717, 1.165) is 10.2 Å². The Morgan fingerprint density at radius 2 is 1.83 bits per heavy atom. The highest BCUT2D eigenvalue weighted by Gasteiger charge is 2.14. The fourth-order valence-corrected chi connectivity index (χ4v) is 2.51. The molecule has 0 heterocycles. The SMILES string of the molecule is CC(C)COc1ccccc1C(=O)NC(=S)Nc1ccccc1Br. The van der Waals surface area contributed by atoms with Crippen molar-refractivity contribution in [3.63, 3.8) is 0 Å². The van der Waals surface area contributed by atoms with E-state index in [1.807, 2.05) is 30.3 Å². The maximum absolute atomic E-state index is 12.5. The first kappa shape index (κ1) is 18.4. The predicted molar refractivity (Wildman–Crippen MR) is 105 cm³/mol. The number of amides is 1. The first-order chi connectivity index (χ1) is 11.5. The van der Waals surface area contributed by atoms with Crippen molar-refractivity contribution in [3.05, 3.63) is 58.6 Å². The number of hydrogen-bond donors (Lipinski definition) is 2. The fourth-order valence-electron chi connectivity index (χ4n) is 1.92. The minimum atomic E-state index is -0.307. The summed E-state index contributed by atoms with van der Waals surface area (Å²) in [5.41, 5.74) is 1.24. The van der Waals surface area contributed by atoms with Crippen LogP contribution in [-0.2, 0) is 0 Å². The van der Waals surface area contributed by atoms with Crippen molar-refractivity contribution in [1.82, 2.24) is 5.32 Å². The van der Waals surface area contributed by atoms with Gasteiger partial charge in [-0.25, -0.2) is 0 Å². The first-order valence-electron chi connectivity index (χ1n) is 7.56. The molecule has 1 amide bonds. The van der Waals surface area contributed by atoms with Gasteiger partial charge in [0.1, 0.15) is 5.75 Å². The molecule has 0 aliphatic heterocycles. The third-order valence-electron chi connectivity index (χ3n) is 3.05. The lowest BCUT2D eigenvalue weighted by molar-refractivity contribution is 0.0973. The van der Waals surface area contributed by atoms with Crippen molar-refractivity contribution < 1.29 is 9.53 Å². The van der Waals surface area contributed by atoms with Crippen LogP contribution in [0.1, 0.15) is 24.2 Å². The Balaban J connectivity index is 2.04. The van der Waals surface area contributed by atoms with Gasteiger partial charge in [0.15, 0.2) is 5.11 Å². The number of para-hydroxylation sites is 2. The average Bonchev–Trinajstić information content (AvgIpc) is 2.55. The van der Waals surface area contributed by atoms with Crippen molar-refractivity contribution >= 4 is 44.9 Å². The molecule has 0 unspecified atom stereocenters. The standard InChI is InChI=1S/C18H19BrN2O2S/c1-12(2)11-23-16-10-6-3-7-13(16)17(22)21-18(24)20-15-9-5-4-8-14(15)19/h3-10,12H,11H2,1-2H3,(H2,20,21,22,24). The Morgan fingerprint density at radius 1 is 1.17 bits per heavy atom. The molecule has 0 aromatic heterocycles. The van der Waals surface area contributed by atoms with Gasteiger partial charge < -0.3 is 10.1 Å². The van der Waals surface area contributed by atoms with Gasteiger partial charge >= 0.3 is 0 Å². The highest BCUT2D eigenvalue weighted by molar-refractivity contribution is 9.10. The van der Waals surface area contributed by atoms with Crippen molar-refractivity contribution in [2.24, 2.45) is 5.92 Å². The molecule has 126 valence electrons. The van der Waals surface area contributed by atoms with E-state index in [4.69, 9.17) is 17.0 Å². The van der Waals surface area contributed by atoms with E-state index in [1.165, 1.54) is 0 Å². The number of benzene rings is 2. The molecule has 0 fully saturated rings. The summed E-state index contributed by atoms with van der Waals surface area (Å²) in [6.45, 7) is 4.66. The molecule has 0 aliphatic rings. The van der Waals surface area contributed by atoms with Crippen LogP contribution in [0.4, 0.5) is 5.69 Å². The van der Waals surface area contributed by atoms with E-state index in [0.29, 0.717) is 23.8 Å². The Hall–Kier alpha value is -1.92. The van der Waals surface area contributed by atoms with Crippen LogP contribution in [-0.4, -0.2) is 17.6 Å². The minimum Gasteiger partial charge on any atom is -0.492 e. The van der Waals surface area contributed by atoms with Crippen LogP contribution in [0.2, 0.25) is 0 Å². The number of hydrogen-bond acceptors (Lipinski definition) is 3. The lowest BCUT2D eigenvalue weighted by Crippen LogP contribution is -2.34. The molecular formula is C18H19BrN2O2S. The molecule has 0 atom stereocenters. The molecule has 0 radical (unpaired) electrons. The van der Waals surface area contributed by atoms with Crippen molar-refractivity contribution in [3.8, 4) is 5.75 Å². The summed E-state index contributed by atoms with van der Waals surface area (Å²) < 4.78 is 6.57. The predicted octanol–water partition coefficient (Wildman–Crippen LogP) is 4.61. The van der Waals surface area contributed by atoms with E-state index in [9.17, 15) is 4.79 Å². The molecule has 4 nitrogen and oxygen atoms in total. The smallest absolute Gasteiger partial charge is 0.261 e. The quantitative estimate of drug-likeness (QED) is 0.711. The molecule has 0 saturated heterocycles. The van der Waals surface area contributed by atoms with Gasteiger partial charge in [-0.1, -0.05) is 38.1 Å². The van der Waals surface area contributed by atoms with Gasteiger partial charge in [-0.3, -0.25) is 10.1 Å². The average molecular weight is 407 g/mol. The van der Waals surface area contributed by atoms with Gasteiger partial charge in [0, 0.05) is 4.47 Å². The van der Waals surface area contributed by atoms with E-state index < -0.39 is 0 Å². The topological polar surface area (TPSA) is 50.4 Å². The van der Waals surface area contributed by atoms with Crippen molar-refractivity contribution in [2.75, 3.05) is 11.9 Å². The molecular weight excluding hydrogens is 388 g/mol. The maximum Gasteiger partial charge on any atom is 0.261 e. The summed E-state index contributed by atoms with van der Waals surface area (Å²) >= 11 is 8.64. The first-order valence-corrected chi connectivity index (χ1v) is 8.76. The third-order valence-corrected chi connectivity index (χ3v) is 3.95. The molecule has 24 heavy (non-hydrogen) atoms. The van der Waals surface area contributed by atoms with Crippen LogP contribution < -0.4 is 15.4 Å². The summed E-state index contributed by atoms with van der Waals surface area (Å²) in [4.78, 5) is 12.5. The second-order valence-corrected chi connectivity index (χ2v) is 6.85. The summed E-state index contributed by atoms with van der Waals surface area (Å²) in [7, 11) is 0. The molecule has 6 heteroatoms. The monoisotopic (exact) mass is 406 g/mol. The molecule has 0 spiro atoms. The van der Waals surface area contributed by atoms with Crippen LogP contribution in [0, 0.1) is 5.92 Å². The van der Waals surface area contributed by atoms with Crippen LogP contribution in [0.25, 0.3) is 0 Å². The molecule has 0 bridgehead atoms. The Morgan fingerprint density at radius 3 is 2.54 bits per heavy atom. The van der Waals surface area contributed by atoms with E-state index in [1.54, 1.807) is 18.2 Å². The second-order valence-electron chi connectivity index (χ2n) is 5.59. The maximum atomic E-state index is 12.5. The van der Waals surface area contributed by atoms with Crippen LogP contribution in [0.3, 0.4) is 0 Å². The van der Waals surface area contributed by atoms with Gasteiger partial charge in [-0.15, -0.1) is 0 Å². The number of ether oxygens (including phenoxy) is 1. The van der Waals surface area contributed by atoms with E-state index in [2.05, 4.69) is 40.4 Å². The minimum absolute atomic E-state index is 0.227. The zero-order valence-electron chi connectivity index (χ0n) is 13.5. The normalized spacial score (nSPS) is 10.3. The van der Waals surface area contributed by atoms with Gasteiger partial charge in [0.05, 0.1) is 17.9 Å². The lowest BCUT2D eigenvalue weighted by atomic mass is 10.2. The largest absolute Gasteiger partial charge is 0.492 e. The zero-order valence-corrected chi connectivity index (χ0v) is 15.9. The van der Waals surface area contributed by atoms with E-state index in [-0.39, 0.29) is 11.0 Å². The molecule has 2 rings (SSSR count). The summed E-state index contributed by atoms with van der Waals surface area (Å²) in [6.07, 6.45) is 0. The lowest BCUT2D eigenvalue weighted by Gasteiger charge is -2.14. The number of carbonyl (C=O) groups is 1. The fraction of sp³-hybridized carbons (Fsp3) is 0.222. The zero-order chi connectivity index (χ0) is 17.5. The van der Waals surface area contributed by atoms with Gasteiger partial charge in [0.25, 0.3) is 5.91 Å². The molecule has 2 aromatic rings. The number of anilines is 1. The number of rotatable bonds is 5. The summed E-state index contributed by atoms with van der Waals surface area (Å²) in [5.74, 6) is 0.616. The summed E-state index contributed by atoms with van der Waals surface area (Å²) in [6, 6.07) is 14.7. The van der Waals surface area contributed by atoms with Gasteiger partial charge in [0.2, 0.25) is 0 Å². The number of halogens is 1. The van der Waals surface area contributed by atoms with Crippen LogP contribution >= 0.6 is 28.1 Å². The van der Waals surface area contributed by atoms with Crippen LogP contribution in [0.5, 0.6) is 5.75 Å². The van der Waals surface area contributed by atoms with Gasteiger partial charge in [-0.05, 0) is 58.3 Å². The Kier molecular flexibility index (Phi) is 6.75.